The van der Waals surface area contributed by atoms with Crippen molar-refractivity contribution in [2.75, 3.05) is 11.6 Å². The van der Waals surface area contributed by atoms with E-state index in [1.807, 2.05) is 20.8 Å². The lowest BCUT2D eigenvalue weighted by atomic mass is 10.1. The zero-order valence-corrected chi connectivity index (χ0v) is 22.8. The van der Waals surface area contributed by atoms with Crippen LogP contribution in [0.5, 0.6) is 0 Å². The minimum Gasteiger partial charge on any atom is -0.361 e. The van der Waals surface area contributed by atoms with E-state index >= 15 is 0 Å². The van der Waals surface area contributed by atoms with Gasteiger partial charge in [-0.2, -0.15) is 0 Å². The molecule has 198 valence electrons. The average molecular weight is 534 g/mol. The van der Waals surface area contributed by atoms with E-state index in [4.69, 9.17) is 4.98 Å². The van der Waals surface area contributed by atoms with Gasteiger partial charge >= 0.3 is 0 Å². The van der Waals surface area contributed by atoms with Crippen molar-refractivity contribution in [3.63, 3.8) is 0 Å². The summed E-state index contributed by atoms with van der Waals surface area (Å²) in [6, 6.07) is 6.43. The lowest BCUT2D eigenvalue weighted by Gasteiger charge is -2.18. The molecule has 0 bridgehead atoms. The number of hydrogen-bond donors (Lipinski definition) is 1. The molecular weight excluding hydrogens is 502 g/mol. The summed E-state index contributed by atoms with van der Waals surface area (Å²) in [5, 5.41) is 3.13. The lowest BCUT2D eigenvalue weighted by molar-refractivity contribution is 0.526. The van der Waals surface area contributed by atoms with Crippen LogP contribution in [0.1, 0.15) is 68.9 Å². The molecule has 1 aliphatic carbocycles. The normalized spacial score (nSPS) is 14.5. The van der Waals surface area contributed by atoms with E-state index in [2.05, 4.69) is 25.3 Å². The van der Waals surface area contributed by atoms with Gasteiger partial charge in [0.2, 0.25) is 0 Å². The molecule has 0 radical (unpaired) electrons. The van der Waals surface area contributed by atoms with Gasteiger partial charge in [0.05, 0.1) is 28.0 Å². The predicted molar refractivity (Wildman–Crippen MR) is 146 cm³/mol. The minimum atomic E-state index is -3.28. The highest BCUT2D eigenvalue weighted by molar-refractivity contribution is 7.90. The number of aromatic nitrogens is 6. The van der Waals surface area contributed by atoms with Crippen molar-refractivity contribution in [1.82, 2.24) is 29.5 Å². The zero-order valence-electron chi connectivity index (χ0n) is 22.0. The van der Waals surface area contributed by atoms with Crippen LogP contribution < -0.4 is 10.9 Å². The molecule has 3 aromatic heterocycles. The molecule has 10 nitrogen and oxygen atoms in total. The highest BCUT2D eigenvalue weighted by Gasteiger charge is 2.31. The number of sulfone groups is 1. The number of benzene rings is 1. The van der Waals surface area contributed by atoms with Gasteiger partial charge in [-0.3, -0.25) is 9.36 Å². The molecule has 1 aromatic carbocycles. The van der Waals surface area contributed by atoms with Crippen LogP contribution in [0.25, 0.3) is 22.6 Å². The molecule has 38 heavy (non-hydrogen) atoms. The standard InChI is InChI=1S/C27H31N7O3S/c1-5-16(3)34-26-21(14-29-24(33-26)22-20(6-2)30-15-31-23(22)18-9-10-18)32-25(27(34)35)28-13-17-7-11-19(12-8-17)38(4,36)37/h7-8,11-12,14-16,18H,5-6,9-10,13H2,1-4H3,(H,28,32)/t16-/m1/s1. The second-order valence-electron chi connectivity index (χ2n) is 9.77. The summed E-state index contributed by atoms with van der Waals surface area (Å²) in [5.41, 5.74) is 4.27. The molecule has 1 atom stereocenters. The first-order valence-electron chi connectivity index (χ1n) is 12.9. The van der Waals surface area contributed by atoms with Crippen molar-refractivity contribution in [3.05, 3.63) is 64.1 Å². The van der Waals surface area contributed by atoms with E-state index in [9.17, 15) is 13.2 Å². The number of nitrogens with zero attached hydrogens (tertiary/aromatic N) is 6. The summed E-state index contributed by atoms with van der Waals surface area (Å²) in [6.45, 7) is 6.36. The first-order chi connectivity index (χ1) is 18.2. The Balaban J connectivity index is 1.56. The number of rotatable bonds is 9. The highest BCUT2D eigenvalue weighted by Crippen LogP contribution is 2.43. The number of anilines is 1. The van der Waals surface area contributed by atoms with Crippen LogP contribution >= 0.6 is 0 Å². The van der Waals surface area contributed by atoms with Crippen LogP contribution in [0.3, 0.4) is 0 Å². The number of hydrogen-bond acceptors (Lipinski definition) is 9. The van der Waals surface area contributed by atoms with Gasteiger partial charge in [0.1, 0.15) is 11.8 Å². The van der Waals surface area contributed by atoms with Crippen molar-refractivity contribution in [1.29, 1.82) is 0 Å². The van der Waals surface area contributed by atoms with Crippen molar-refractivity contribution in [2.24, 2.45) is 0 Å². The molecule has 1 fully saturated rings. The van der Waals surface area contributed by atoms with Crippen LogP contribution in [0.4, 0.5) is 5.82 Å². The fourth-order valence-corrected chi connectivity index (χ4v) is 5.11. The summed E-state index contributed by atoms with van der Waals surface area (Å²) in [4.78, 5) is 37.0. The Hall–Kier alpha value is -3.73. The Morgan fingerprint density at radius 1 is 1.08 bits per heavy atom. The fraction of sp³-hybridized carbons (Fsp3) is 0.407. The van der Waals surface area contributed by atoms with Gasteiger partial charge < -0.3 is 5.32 Å². The average Bonchev–Trinajstić information content (AvgIpc) is 3.76. The Bertz CT molecular complexity index is 1660. The fourth-order valence-electron chi connectivity index (χ4n) is 4.48. The van der Waals surface area contributed by atoms with E-state index in [0.717, 1.165) is 48.2 Å². The third-order valence-corrected chi connectivity index (χ3v) is 8.08. The molecule has 0 amide bonds. The number of nitrogens with one attached hydrogen (secondary N) is 1. The molecule has 1 N–H and O–H groups in total. The van der Waals surface area contributed by atoms with Gasteiger partial charge in [-0.15, -0.1) is 0 Å². The smallest absolute Gasteiger partial charge is 0.295 e. The molecule has 1 saturated carbocycles. The van der Waals surface area contributed by atoms with E-state index in [1.165, 1.54) is 6.26 Å². The van der Waals surface area contributed by atoms with Crippen LogP contribution in [0.2, 0.25) is 0 Å². The Kier molecular flexibility index (Phi) is 6.95. The largest absolute Gasteiger partial charge is 0.361 e. The Labute approximate surface area is 221 Å². The molecule has 0 aliphatic heterocycles. The van der Waals surface area contributed by atoms with Crippen LogP contribution in [-0.2, 0) is 22.8 Å². The highest BCUT2D eigenvalue weighted by atomic mass is 32.2. The van der Waals surface area contributed by atoms with E-state index in [1.54, 1.807) is 41.4 Å². The first-order valence-corrected chi connectivity index (χ1v) is 14.8. The van der Waals surface area contributed by atoms with Gasteiger partial charge in [-0.25, -0.2) is 33.3 Å². The Morgan fingerprint density at radius 2 is 1.82 bits per heavy atom. The maximum atomic E-state index is 13.6. The molecule has 0 unspecified atom stereocenters. The topological polar surface area (TPSA) is 133 Å². The summed E-state index contributed by atoms with van der Waals surface area (Å²) in [7, 11) is -3.28. The number of fused-ring (bicyclic) bond motifs is 1. The molecule has 0 spiro atoms. The summed E-state index contributed by atoms with van der Waals surface area (Å²) in [5.74, 6) is 1.10. The maximum absolute atomic E-state index is 13.6. The summed E-state index contributed by atoms with van der Waals surface area (Å²) < 4.78 is 25.2. The molecule has 5 rings (SSSR count). The van der Waals surface area contributed by atoms with Gasteiger partial charge in [0.15, 0.2) is 27.1 Å². The van der Waals surface area contributed by atoms with Gasteiger partial charge in [0.25, 0.3) is 5.56 Å². The number of aryl methyl sites for hydroxylation is 1. The minimum absolute atomic E-state index is 0.120. The first kappa shape index (κ1) is 25.9. The van der Waals surface area contributed by atoms with Crippen molar-refractivity contribution < 1.29 is 8.42 Å². The summed E-state index contributed by atoms with van der Waals surface area (Å²) >= 11 is 0. The molecule has 0 saturated heterocycles. The van der Waals surface area contributed by atoms with E-state index < -0.39 is 9.84 Å². The molecule has 4 aromatic rings. The predicted octanol–water partition coefficient (Wildman–Crippen LogP) is 4.07. The Morgan fingerprint density at radius 3 is 2.45 bits per heavy atom. The molecular formula is C27H31N7O3S. The van der Waals surface area contributed by atoms with Gasteiger partial charge in [-0.1, -0.05) is 26.0 Å². The summed E-state index contributed by atoms with van der Waals surface area (Å²) in [6.07, 6.45) is 8.07. The quantitative estimate of drug-likeness (QED) is 0.338. The molecule has 11 heteroatoms. The SMILES string of the molecule is CCc1ncnc(C2CC2)c1-c1ncc2nc(NCc3ccc(S(C)(=O)=O)cc3)c(=O)n([C@H](C)CC)c2n1. The monoisotopic (exact) mass is 533 g/mol. The van der Waals surface area contributed by atoms with E-state index in [0.29, 0.717) is 29.5 Å². The van der Waals surface area contributed by atoms with Crippen molar-refractivity contribution in [3.8, 4) is 11.4 Å². The molecule has 1 aliphatic rings. The van der Waals surface area contributed by atoms with Crippen LogP contribution in [0, 0.1) is 0 Å². The van der Waals surface area contributed by atoms with Crippen molar-refractivity contribution in [2.45, 2.75) is 69.9 Å². The van der Waals surface area contributed by atoms with Crippen molar-refractivity contribution >= 4 is 26.8 Å². The third-order valence-electron chi connectivity index (χ3n) is 6.95. The van der Waals surface area contributed by atoms with Crippen LogP contribution in [0.15, 0.2) is 46.5 Å². The van der Waals surface area contributed by atoms with Gasteiger partial charge in [0, 0.05) is 24.8 Å². The second-order valence-corrected chi connectivity index (χ2v) is 11.8. The third kappa shape index (κ3) is 5.02. The second kappa shape index (κ2) is 10.2. The molecule has 3 heterocycles. The van der Waals surface area contributed by atoms with Crippen LogP contribution in [-0.4, -0.2) is 44.2 Å². The van der Waals surface area contributed by atoms with Gasteiger partial charge in [-0.05, 0) is 50.3 Å². The zero-order chi connectivity index (χ0) is 27.0. The lowest BCUT2D eigenvalue weighted by Crippen LogP contribution is -2.28. The maximum Gasteiger partial charge on any atom is 0.295 e. The van der Waals surface area contributed by atoms with E-state index in [-0.39, 0.29) is 22.3 Å².